The predicted octanol–water partition coefficient (Wildman–Crippen LogP) is 4.47. The van der Waals surface area contributed by atoms with Crippen LogP contribution in [0.5, 0.6) is 0 Å². The van der Waals surface area contributed by atoms with Crippen LogP contribution in [-0.2, 0) is 14.8 Å². The van der Waals surface area contributed by atoms with E-state index in [0.29, 0.717) is 46.0 Å². The van der Waals surface area contributed by atoms with Crippen LogP contribution in [0.2, 0.25) is 0 Å². The molecule has 0 spiro atoms. The number of fused-ring (bicyclic) bond motifs is 1. The summed E-state index contributed by atoms with van der Waals surface area (Å²) in [5.74, 6) is 0.522. The van der Waals surface area contributed by atoms with Gasteiger partial charge in [0.1, 0.15) is 0 Å². The Labute approximate surface area is 246 Å². The number of benzene rings is 3. The van der Waals surface area contributed by atoms with Crippen molar-refractivity contribution in [1.29, 1.82) is 0 Å². The van der Waals surface area contributed by atoms with Gasteiger partial charge in [-0.2, -0.15) is 0 Å². The summed E-state index contributed by atoms with van der Waals surface area (Å²) in [6, 6.07) is 20.8. The molecule has 1 unspecified atom stereocenters. The van der Waals surface area contributed by atoms with Crippen LogP contribution >= 0.6 is 0 Å². The van der Waals surface area contributed by atoms with Gasteiger partial charge >= 0.3 is 0 Å². The summed E-state index contributed by atoms with van der Waals surface area (Å²) >= 11 is 0. The number of carbonyl (C=O) groups is 1. The Kier molecular flexibility index (Phi) is 7.85. The fraction of sp³-hybridized carbons (Fsp3) is 0.312. The second kappa shape index (κ2) is 11.7. The van der Waals surface area contributed by atoms with Crippen LogP contribution in [0.4, 0.5) is 11.4 Å². The van der Waals surface area contributed by atoms with Gasteiger partial charge in [0.15, 0.2) is 0 Å². The Morgan fingerprint density at radius 3 is 2.62 bits per heavy atom. The monoisotopic (exact) mass is 585 g/mol. The maximum Gasteiger partial charge on any atom is 0.262 e. The number of ether oxygens (including phenoxy) is 1. The second-order valence-electron chi connectivity index (χ2n) is 11.2. The number of nitrogens with zero attached hydrogens (tertiary/aromatic N) is 3. The number of nitrogen functional groups attached to an aromatic ring is 1. The summed E-state index contributed by atoms with van der Waals surface area (Å²) in [5, 5.41) is 0.896. The molecule has 2 atom stereocenters. The van der Waals surface area contributed by atoms with E-state index in [0.717, 1.165) is 44.7 Å². The number of hydrogen-bond acceptors (Lipinski definition) is 7. The summed E-state index contributed by atoms with van der Waals surface area (Å²) in [5.41, 5.74) is 9.25. The van der Waals surface area contributed by atoms with Crippen LogP contribution in [0, 0.1) is 5.92 Å². The number of nitrogens with two attached hydrogens (primary N) is 1. The number of pyridine rings is 1. The van der Waals surface area contributed by atoms with Gasteiger partial charge in [0.2, 0.25) is 0 Å². The first-order valence-corrected chi connectivity index (χ1v) is 15.7. The lowest BCUT2D eigenvalue weighted by molar-refractivity contribution is 0.0452. The van der Waals surface area contributed by atoms with Gasteiger partial charge in [0.25, 0.3) is 15.9 Å². The van der Waals surface area contributed by atoms with Crippen molar-refractivity contribution in [3.63, 3.8) is 0 Å². The van der Waals surface area contributed by atoms with E-state index in [9.17, 15) is 13.2 Å². The second-order valence-corrected chi connectivity index (χ2v) is 12.8. The Hall–Kier alpha value is -3.99. The van der Waals surface area contributed by atoms with Crippen molar-refractivity contribution in [3.05, 3.63) is 84.6 Å². The van der Waals surface area contributed by atoms with Gasteiger partial charge in [-0.25, -0.2) is 8.42 Å². The minimum absolute atomic E-state index is 0.0509. The Morgan fingerprint density at radius 2 is 1.86 bits per heavy atom. The van der Waals surface area contributed by atoms with E-state index < -0.39 is 10.0 Å². The van der Waals surface area contributed by atoms with Gasteiger partial charge < -0.3 is 15.4 Å². The van der Waals surface area contributed by atoms with Crippen LogP contribution in [0.25, 0.3) is 22.0 Å². The molecule has 218 valence electrons. The van der Waals surface area contributed by atoms with Crippen molar-refractivity contribution in [1.82, 2.24) is 14.8 Å². The maximum absolute atomic E-state index is 13.6. The summed E-state index contributed by atoms with van der Waals surface area (Å²) < 4.78 is 35.5. The molecule has 2 saturated heterocycles. The fourth-order valence-corrected chi connectivity index (χ4v) is 7.23. The van der Waals surface area contributed by atoms with E-state index >= 15 is 0 Å². The Bertz CT molecular complexity index is 1700. The van der Waals surface area contributed by atoms with Crippen molar-refractivity contribution in [3.8, 4) is 11.1 Å². The number of sulfonamides is 1. The van der Waals surface area contributed by atoms with Crippen molar-refractivity contribution in [2.45, 2.75) is 24.3 Å². The average Bonchev–Trinajstić information content (AvgIpc) is 3.50. The quantitative estimate of drug-likeness (QED) is 0.307. The highest BCUT2D eigenvalue weighted by molar-refractivity contribution is 7.92. The first kappa shape index (κ1) is 28.1. The lowest BCUT2D eigenvalue weighted by atomic mass is 10.0. The van der Waals surface area contributed by atoms with Gasteiger partial charge in [-0.1, -0.05) is 24.3 Å². The number of para-hydroxylation sites is 1. The lowest BCUT2D eigenvalue weighted by Gasteiger charge is -2.40. The highest BCUT2D eigenvalue weighted by atomic mass is 32.2. The molecule has 2 aliphatic heterocycles. The molecule has 3 heterocycles. The average molecular weight is 586 g/mol. The van der Waals surface area contributed by atoms with E-state index in [4.69, 9.17) is 10.5 Å². The molecule has 6 rings (SSSR count). The molecule has 3 aromatic carbocycles. The third-order valence-electron chi connectivity index (χ3n) is 8.11. The number of aromatic nitrogens is 1. The third-order valence-corrected chi connectivity index (χ3v) is 9.55. The zero-order valence-electron chi connectivity index (χ0n) is 23.6. The molecule has 1 amide bonds. The van der Waals surface area contributed by atoms with Crippen molar-refractivity contribution in [2.24, 2.45) is 5.92 Å². The molecule has 9 nitrogen and oxygen atoms in total. The Morgan fingerprint density at radius 1 is 1.05 bits per heavy atom. The van der Waals surface area contributed by atoms with E-state index in [1.165, 1.54) is 6.07 Å². The van der Waals surface area contributed by atoms with E-state index in [1.54, 1.807) is 42.6 Å². The zero-order valence-corrected chi connectivity index (χ0v) is 24.4. The van der Waals surface area contributed by atoms with Gasteiger partial charge in [0.05, 0.1) is 17.0 Å². The molecular formula is C32H35N5O4S. The SMILES string of the molecule is C[C@@H]1CN(CC2CCOC2)CCN1C(=O)c1ccc(NS(=O)(=O)c2ccc(N)cc2-c2cccc3cccnc23)cc1. The molecule has 2 aliphatic rings. The lowest BCUT2D eigenvalue weighted by Crippen LogP contribution is -2.54. The molecule has 0 bridgehead atoms. The number of amides is 1. The molecule has 2 fully saturated rings. The van der Waals surface area contributed by atoms with Crippen LogP contribution in [0.15, 0.2) is 83.9 Å². The number of carbonyl (C=O) groups excluding carboxylic acids is 1. The summed E-state index contributed by atoms with van der Waals surface area (Å²) in [6.07, 6.45) is 2.78. The normalized spacial score (nSPS) is 19.7. The van der Waals surface area contributed by atoms with Gasteiger partial charge in [-0.15, -0.1) is 0 Å². The topological polar surface area (TPSA) is 118 Å². The molecule has 1 aromatic heterocycles. The number of anilines is 2. The molecule has 10 heteroatoms. The minimum Gasteiger partial charge on any atom is -0.399 e. The van der Waals surface area contributed by atoms with Crippen molar-refractivity contribution < 1.29 is 17.9 Å². The number of piperazine rings is 1. The predicted molar refractivity (Wildman–Crippen MR) is 165 cm³/mol. The first-order chi connectivity index (χ1) is 20.3. The number of nitrogens with one attached hydrogen (secondary N) is 1. The fourth-order valence-electron chi connectivity index (χ4n) is 5.96. The first-order valence-electron chi connectivity index (χ1n) is 14.3. The molecule has 0 saturated carbocycles. The molecular weight excluding hydrogens is 550 g/mol. The van der Waals surface area contributed by atoms with Crippen molar-refractivity contribution >= 4 is 38.2 Å². The molecule has 4 aromatic rings. The molecule has 42 heavy (non-hydrogen) atoms. The van der Waals surface area contributed by atoms with Crippen LogP contribution in [-0.4, -0.2) is 74.5 Å². The molecule has 0 radical (unpaired) electrons. The Balaban J connectivity index is 1.18. The van der Waals surface area contributed by atoms with Gasteiger partial charge in [-0.05, 0) is 67.8 Å². The standard InChI is InChI=1S/C32H35N5O4S/c1-22-19-36(20-23-13-17-41-21-23)15-16-37(22)32(38)25-7-10-27(11-8-25)35-42(39,40)30-12-9-26(33)18-29(30)28-6-2-4-24-5-3-14-34-31(24)28/h2-12,14,18,22-23,35H,13,15-17,19-21,33H2,1H3/t22-,23?/m1/s1. The largest absolute Gasteiger partial charge is 0.399 e. The number of rotatable bonds is 7. The number of hydrogen-bond donors (Lipinski definition) is 2. The summed E-state index contributed by atoms with van der Waals surface area (Å²) in [6.45, 7) is 7.07. The zero-order chi connectivity index (χ0) is 29.3. The van der Waals surface area contributed by atoms with E-state index in [1.807, 2.05) is 35.2 Å². The third kappa shape index (κ3) is 5.83. The highest BCUT2D eigenvalue weighted by Gasteiger charge is 2.30. The molecule has 3 N–H and O–H groups in total. The van der Waals surface area contributed by atoms with Crippen LogP contribution in [0.3, 0.4) is 0 Å². The summed E-state index contributed by atoms with van der Waals surface area (Å²) in [7, 11) is -4.00. The summed E-state index contributed by atoms with van der Waals surface area (Å²) in [4.78, 5) is 22.3. The highest BCUT2D eigenvalue weighted by Crippen LogP contribution is 2.34. The van der Waals surface area contributed by atoms with Gasteiger partial charge in [0, 0.05) is 78.5 Å². The van der Waals surface area contributed by atoms with Gasteiger partial charge in [-0.3, -0.25) is 19.4 Å². The molecule has 0 aliphatic carbocycles. The maximum atomic E-state index is 13.6. The van der Waals surface area contributed by atoms with E-state index in [2.05, 4.69) is 21.5 Å². The minimum atomic E-state index is -4.00. The smallest absolute Gasteiger partial charge is 0.262 e. The van der Waals surface area contributed by atoms with Crippen molar-refractivity contribution in [2.75, 3.05) is 49.8 Å². The van der Waals surface area contributed by atoms with E-state index in [-0.39, 0.29) is 16.8 Å². The van der Waals surface area contributed by atoms with Crippen LogP contribution in [0.1, 0.15) is 23.7 Å². The van der Waals surface area contributed by atoms with Crippen LogP contribution < -0.4 is 10.5 Å².